The average molecular weight is 245 g/mol. The number of hydrogen-bond donors (Lipinski definition) is 1. The standard InChI is InChI=1S/C15H23N3/c1-11(16)14-3-2-8-17-15(14)18(9-12-4-5-12)10-13-6-7-13/h2-3,8,11-13H,4-7,9-10,16H2,1H3/t11-/m1/s1. The van der Waals surface area contributed by atoms with Crippen molar-refractivity contribution >= 4 is 5.82 Å². The van der Waals surface area contributed by atoms with Crippen LogP contribution < -0.4 is 10.6 Å². The second kappa shape index (κ2) is 4.88. The molecule has 0 radical (unpaired) electrons. The number of anilines is 1. The zero-order valence-corrected chi connectivity index (χ0v) is 11.2. The number of aromatic nitrogens is 1. The van der Waals surface area contributed by atoms with Crippen molar-refractivity contribution in [1.29, 1.82) is 0 Å². The van der Waals surface area contributed by atoms with E-state index in [9.17, 15) is 0 Å². The molecule has 0 amide bonds. The van der Waals surface area contributed by atoms with Crippen molar-refractivity contribution in [3.63, 3.8) is 0 Å². The van der Waals surface area contributed by atoms with Gasteiger partial charge in [-0.15, -0.1) is 0 Å². The van der Waals surface area contributed by atoms with E-state index in [1.165, 1.54) is 44.3 Å². The van der Waals surface area contributed by atoms with Crippen molar-refractivity contribution in [1.82, 2.24) is 4.98 Å². The van der Waals surface area contributed by atoms with Gasteiger partial charge in [-0.2, -0.15) is 0 Å². The average Bonchev–Trinajstić information content (AvgIpc) is 3.23. The highest BCUT2D eigenvalue weighted by Gasteiger charge is 2.30. The maximum absolute atomic E-state index is 6.08. The summed E-state index contributed by atoms with van der Waals surface area (Å²) in [4.78, 5) is 7.10. The van der Waals surface area contributed by atoms with Crippen LogP contribution >= 0.6 is 0 Å². The van der Waals surface area contributed by atoms with E-state index in [4.69, 9.17) is 5.73 Å². The summed E-state index contributed by atoms with van der Waals surface area (Å²) < 4.78 is 0. The molecule has 0 spiro atoms. The van der Waals surface area contributed by atoms with Gasteiger partial charge in [-0.25, -0.2) is 4.98 Å². The third kappa shape index (κ3) is 2.83. The van der Waals surface area contributed by atoms with Crippen molar-refractivity contribution in [2.75, 3.05) is 18.0 Å². The smallest absolute Gasteiger partial charge is 0.133 e. The minimum atomic E-state index is 0.0645. The third-order valence-corrected chi connectivity index (χ3v) is 3.96. The largest absolute Gasteiger partial charge is 0.356 e. The number of nitrogens with two attached hydrogens (primary N) is 1. The molecule has 3 heteroatoms. The Hall–Kier alpha value is -1.09. The lowest BCUT2D eigenvalue weighted by atomic mass is 10.1. The molecule has 1 aromatic heterocycles. The SMILES string of the molecule is C[C@@H](N)c1cccnc1N(CC1CC1)CC1CC1. The first kappa shape index (κ1) is 12.0. The molecule has 1 aromatic rings. The molecule has 1 atom stereocenters. The fourth-order valence-corrected chi connectivity index (χ4v) is 2.50. The van der Waals surface area contributed by atoms with E-state index < -0.39 is 0 Å². The van der Waals surface area contributed by atoms with Gasteiger partial charge in [-0.1, -0.05) is 6.07 Å². The van der Waals surface area contributed by atoms with E-state index in [1.807, 2.05) is 19.2 Å². The molecular formula is C15H23N3. The zero-order chi connectivity index (χ0) is 12.5. The molecule has 2 saturated carbocycles. The van der Waals surface area contributed by atoms with Gasteiger partial charge in [0.05, 0.1) is 0 Å². The van der Waals surface area contributed by atoms with E-state index in [2.05, 4.69) is 16.0 Å². The Kier molecular flexibility index (Phi) is 3.25. The first-order chi connectivity index (χ1) is 8.74. The lowest BCUT2D eigenvalue weighted by Crippen LogP contribution is -2.30. The van der Waals surface area contributed by atoms with Crippen LogP contribution in [0.1, 0.15) is 44.2 Å². The Labute approximate surface area is 109 Å². The van der Waals surface area contributed by atoms with Gasteiger partial charge in [-0.3, -0.25) is 0 Å². The first-order valence-electron chi connectivity index (χ1n) is 7.19. The summed E-state index contributed by atoms with van der Waals surface area (Å²) in [5.41, 5.74) is 7.27. The summed E-state index contributed by atoms with van der Waals surface area (Å²) in [6.45, 7) is 4.40. The Morgan fingerprint density at radius 2 is 1.89 bits per heavy atom. The number of nitrogens with zero attached hydrogens (tertiary/aromatic N) is 2. The Balaban J connectivity index is 1.82. The molecule has 0 bridgehead atoms. The summed E-state index contributed by atoms with van der Waals surface area (Å²) >= 11 is 0. The molecule has 2 N–H and O–H groups in total. The summed E-state index contributed by atoms with van der Waals surface area (Å²) in [7, 11) is 0. The van der Waals surface area contributed by atoms with E-state index in [-0.39, 0.29) is 6.04 Å². The summed E-state index contributed by atoms with van der Waals surface area (Å²) in [5, 5.41) is 0. The van der Waals surface area contributed by atoms with Crippen LogP contribution in [0.4, 0.5) is 5.82 Å². The highest BCUT2D eigenvalue weighted by atomic mass is 15.2. The fourth-order valence-electron chi connectivity index (χ4n) is 2.50. The van der Waals surface area contributed by atoms with Gasteiger partial charge in [0.25, 0.3) is 0 Å². The normalized spacial score (nSPS) is 20.8. The monoisotopic (exact) mass is 245 g/mol. The van der Waals surface area contributed by atoms with Gasteiger partial charge in [0.1, 0.15) is 5.82 Å². The molecule has 2 aliphatic carbocycles. The molecule has 3 rings (SSSR count). The molecule has 98 valence electrons. The fraction of sp³-hybridized carbons (Fsp3) is 0.667. The van der Waals surface area contributed by atoms with Crippen LogP contribution in [0.3, 0.4) is 0 Å². The zero-order valence-electron chi connectivity index (χ0n) is 11.2. The lowest BCUT2D eigenvalue weighted by Gasteiger charge is -2.27. The first-order valence-corrected chi connectivity index (χ1v) is 7.19. The van der Waals surface area contributed by atoms with Crippen LogP contribution in [0.25, 0.3) is 0 Å². The van der Waals surface area contributed by atoms with Crippen LogP contribution in [0, 0.1) is 11.8 Å². The van der Waals surface area contributed by atoms with Gasteiger partial charge in [0.2, 0.25) is 0 Å². The molecule has 0 aromatic carbocycles. The number of rotatable bonds is 6. The maximum atomic E-state index is 6.08. The summed E-state index contributed by atoms with van der Waals surface area (Å²) in [6.07, 6.45) is 7.46. The van der Waals surface area contributed by atoms with Gasteiger partial charge in [0, 0.05) is 30.9 Å². The summed E-state index contributed by atoms with van der Waals surface area (Å²) in [6, 6.07) is 4.18. The van der Waals surface area contributed by atoms with Gasteiger partial charge in [-0.05, 0) is 50.5 Å². The molecule has 0 unspecified atom stereocenters. The second-order valence-corrected chi connectivity index (χ2v) is 6.00. The molecular weight excluding hydrogens is 222 g/mol. The van der Waals surface area contributed by atoms with E-state index in [0.29, 0.717) is 0 Å². The van der Waals surface area contributed by atoms with Gasteiger partial charge in [0.15, 0.2) is 0 Å². The van der Waals surface area contributed by atoms with Crippen molar-refractivity contribution in [2.45, 2.75) is 38.6 Å². The third-order valence-electron chi connectivity index (χ3n) is 3.96. The van der Waals surface area contributed by atoms with Crippen molar-refractivity contribution < 1.29 is 0 Å². The highest BCUT2D eigenvalue weighted by molar-refractivity contribution is 5.48. The van der Waals surface area contributed by atoms with E-state index >= 15 is 0 Å². The molecule has 0 saturated heterocycles. The minimum Gasteiger partial charge on any atom is -0.356 e. The highest BCUT2D eigenvalue weighted by Crippen LogP contribution is 2.36. The van der Waals surface area contributed by atoms with Crippen LogP contribution in [-0.4, -0.2) is 18.1 Å². The Morgan fingerprint density at radius 3 is 2.39 bits per heavy atom. The van der Waals surface area contributed by atoms with E-state index in [1.54, 1.807) is 0 Å². The van der Waals surface area contributed by atoms with Gasteiger partial charge >= 0.3 is 0 Å². The van der Waals surface area contributed by atoms with Crippen molar-refractivity contribution in [2.24, 2.45) is 17.6 Å². The predicted molar refractivity (Wildman–Crippen MR) is 74.5 cm³/mol. The minimum absolute atomic E-state index is 0.0645. The summed E-state index contributed by atoms with van der Waals surface area (Å²) in [5.74, 6) is 2.92. The number of pyridine rings is 1. The van der Waals surface area contributed by atoms with E-state index in [0.717, 1.165) is 17.7 Å². The lowest BCUT2D eigenvalue weighted by molar-refractivity contribution is 0.661. The quantitative estimate of drug-likeness (QED) is 0.838. The van der Waals surface area contributed by atoms with Crippen LogP contribution in [0.5, 0.6) is 0 Å². The predicted octanol–water partition coefficient (Wildman–Crippen LogP) is 2.73. The second-order valence-electron chi connectivity index (χ2n) is 6.00. The van der Waals surface area contributed by atoms with Crippen molar-refractivity contribution in [3.05, 3.63) is 23.9 Å². The van der Waals surface area contributed by atoms with Crippen LogP contribution in [0.15, 0.2) is 18.3 Å². The molecule has 0 aliphatic heterocycles. The topological polar surface area (TPSA) is 42.1 Å². The van der Waals surface area contributed by atoms with Gasteiger partial charge < -0.3 is 10.6 Å². The Bertz CT molecular complexity index is 394. The maximum Gasteiger partial charge on any atom is 0.133 e. The molecule has 3 nitrogen and oxygen atoms in total. The molecule has 2 fully saturated rings. The number of hydrogen-bond acceptors (Lipinski definition) is 3. The van der Waals surface area contributed by atoms with Crippen LogP contribution in [-0.2, 0) is 0 Å². The molecule has 1 heterocycles. The van der Waals surface area contributed by atoms with Crippen LogP contribution in [0.2, 0.25) is 0 Å². The Morgan fingerprint density at radius 1 is 1.28 bits per heavy atom. The van der Waals surface area contributed by atoms with Crippen molar-refractivity contribution in [3.8, 4) is 0 Å². The molecule has 2 aliphatic rings. The molecule has 18 heavy (non-hydrogen) atoms.